The standard InChI is InChI=1S/C19H19ClFNO/c1-19(2,13-6-4-7-14(20)10-13)18(23)22-17-11-16(17)12-5-3-8-15(21)9-12/h3-10,16-17H,11H2,1-2H3,(H,22,23)/t16-,17+/m0/s1. The third-order valence-corrected chi connectivity index (χ3v) is 4.73. The van der Waals surface area contributed by atoms with E-state index in [9.17, 15) is 9.18 Å². The maximum atomic E-state index is 13.3. The van der Waals surface area contributed by atoms with Crippen LogP contribution in [0.5, 0.6) is 0 Å². The van der Waals surface area contributed by atoms with E-state index in [1.165, 1.54) is 6.07 Å². The van der Waals surface area contributed by atoms with Crippen LogP contribution in [-0.4, -0.2) is 11.9 Å². The molecule has 1 amide bonds. The van der Waals surface area contributed by atoms with Crippen molar-refractivity contribution in [3.05, 3.63) is 70.5 Å². The second kappa shape index (κ2) is 5.97. The molecule has 0 spiro atoms. The lowest BCUT2D eigenvalue weighted by Crippen LogP contribution is -2.41. The van der Waals surface area contributed by atoms with Crippen LogP contribution in [0.1, 0.15) is 37.3 Å². The van der Waals surface area contributed by atoms with Gasteiger partial charge in [0.15, 0.2) is 0 Å². The minimum atomic E-state index is -0.667. The van der Waals surface area contributed by atoms with Crippen molar-refractivity contribution in [2.75, 3.05) is 0 Å². The summed E-state index contributed by atoms with van der Waals surface area (Å²) in [4.78, 5) is 12.6. The molecule has 0 bridgehead atoms. The van der Waals surface area contributed by atoms with E-state index in [0.717, 1.165) is 17.5 Å². The fourth-order valence-corrected chi connectivity index (χ4v) is 3.01. The summed E-state index contributed by atoms with van der Waals surface area (Å²) in [5, 5.41) is 3.69. The highest BCUT2D eigenvalue weighted by Gasteiger charge is 2.42. The average Bonchev–Trinajstić information content (AvgIpc) is 3.26. The van der Waals surface area contributed by atoms with Crippen LogP contribution in [0.25, 0.3) is 0 Å². The van der Waals surface area contributed by atoms with Crippen molar-refractivity contribution in [1.29, 1.82) is 0 Å². The first-order valence-electron chi connectivity index (χ1n) is 7.70. The van der Waals surface area contributed by atoms with E-state index in [-0.39, 0.29) is 23.7 Å². The lowest BCUT2D eigenvalue weighted by Gasteiger charge is -2.24. The average molecular weight is 332 g/mol. The molecule has 1 N–H and O–H groups in total. The Morgan fingerprint density at radius 2 is 1.96 bits per heavy atom. The fourth-order valence-electron chi connectivity index (χ4n) is 2.82. The second-order valence-electron chi connectivity index (χ2n) is 6.61. The number of hydrogen-bond donors (Lipinski definition) is 1. The highest BCUT2D eigenvalue weighted by atomic mass is 35.5. The molecule has 4 heteroatoms. The third kappa shape index (κ3) is 3.40. The van der Waals surface area contributed by atoms with E-state index in [1.807, 2.05) is 38.1 Å². The van der Waals surface area contributed by atoms with Gasteiger partial charge < -0.3 is 5.32 Å². The highest BCUT2D eigenvalue weighted by Crippen LogP contribution is 2.41. The molecule has 3 rings (SSSR count). The van der Waals surface area contributed by atoms with Gasteiger partial charge in [0.25, 0.3) is 0 Å². The van der Waals surface area contributed by atoms with Crippen LogP contribution in [0.3, 0.4) is 0 Å². The molecule has 0 heterocycles. The molecule has 1 saturated carbocycles. The van der Waals surface area contributed by atoms with E-state index in [1.54, 1.807) is 18.2 Å². The van der Waals surface area contributed by atoms with E-state index >= 15 is 0 Å². The largest absolute Gasteiger partial charge is 0.352 e. The molecule has 23 heavy (non-hydrogen) atoms. The van der Waals surface area contributed by atoms with Crippen LogP contribution in [-0.2, 0) is 10.2 Å². The van der Waals surface area contributed by atoms with Gasteiger partial charge in [-0.3, -0.25) is 4.79 Å². The maximum Gasteiger partial charge on any atom is 0.230 e. The van der Waals surface area contributed by atoms with Gasteiger partial charge in [-0.05, 0) is 55.7 Å². The summed E-state index contributed by atoms with van der Waals surface area (Å²) in [7, 11) is 0. The summed E-state index contributed by atoms with van der Waals surface area (Å²) >= 11 is 6.02. The molecule has 0 aromatic heterocycles. The third-order valence-electron chi connectivity index (χ3n) is 4.50. The molecule has 0 unspecified atom stereocenters. The minimum absolute atomic E-state index is 0.0383. The Labute approximate surface area is 140 Å². The summed E-state index contributed by atoms with van der Waals surface area (Å²) < 4.78 is 13.3. The van der Waals surface area contributed by atoms with Gasteiger partial charge in [-0.25, -0.2) is 4.39 Å². The number of amides is 1. The summed E-state index contributed by atoms with van der Waals surface area (Å²) in [5.74, 6) is -0.0767. The summed E-state index contributed by atoms with van der Waals surface area (Å²) in [6.45, 7) is 3.77. The lowest BCUT2D eigenvalue weighted by atomic mass is 9.83. The first kappa shape index (κ1) is 16.0. The normalized spacial score (nSPS) is 20.2. The van der Waals surface area contributed by atoms with Crippen molar-refractivity contribution in [1.82, 2.24) is 5.32 Å². The fraction of sp³-hybridized carbons (Fsp3) is 0.316. The number of hydrogen-bond acceptors (Lipinski definition) is 1. The molecule has 120 valence electrons. The lowest BCUT2D eigenvalue weighted by molar-refractivity contribution is -0.125. The van der Waals surface area contributed by atoms with Gasteiger partial charge in [-0.2, -0.15) is 0 Å². The molecule has 2 nitrogen and oxygen atoms in total. The first-order valence-corrected chi connectivity index (χ1v) is 8.08. The number of rotatable bonds is 4. The van der Waals surface area contributed by atoms with Crippen LogP contribution in [0, 0.1) is 5.82 Å². The van der Waals surface area contributed by atoms with Crippen molar-refractivity contribution in [2.24, 2.45) is 0 Å². The van der Waals surface area contributed by atoms with E-state index in [4.69, 9.17) is 11.6 Å². The van der Waals surface area contributed by atoms with Gasteiger partial charge in [-0.15, -0.1) is 0 Å². The Hall–Kier alpha value is -1.87. The van der Waals surface area contributed by atoms with Crippen molar-refractivity contribution >= 4 is 17.5 Å². The van der Waals surface area contributed by atoms with Gasteiger partial charge in [0, 0.05) is 17.0 Å². The maximum absolute atomic E-state index is 13.3. The number of carbonyl (C=O) groups excluding carboxylic acids is 1. The SMILES string of the molecule is CC(C)(C(=O)N[C@@H]1C[C@H]1c1cccc(F)c1)c1cccc(Cl)c1. The van der Waals surface area contributed by atoms with E-state index < -0.39 is 5.41 Å². The zero-order valence-electron chi connectivity index (χ0n) is 13.1. The molecule has 0 saturated heterocycles. The van der Waals surface area contributed by atoms with Crippen molar-refractivity contribution < 1.29 is 9.18 Å². The molecule has 1 fully saturated rings. The Balaban J connectivity index is 1.68. The zero-order valence-corrected chi connectivity index (χ0v) is 13.9. The van der Waals surface area contributed by atoms with Crippen LogP contribution in [0.4, 0.5) is 4.39 Å². The molecular weight excluding hydrogens is 313 g/mol. The van der Waals surface area contributed by atoms with Crippen LogP contribution < -0.4 is 5.32 Å². The molecule has 2 aromatic rings. The molecule has 2 atom stereocenters. The van der Waals surface area contributed by atoms with Gasteiger partial charge in [-0.1, -0.05) is 35.9 Å². The minimum Gasteiger partial charge on any atom is -0.352 e. The summed E-state index contributed by atoms with van der Waals surface area (Å²) in [6, 6.07) is 14.0. The molecule has 2 aromatic carbocycles. The molecule has 0 aliphatic heterocycles. The Morgan fingerprint density at radius 1 is 1.22 bits per heavy atom. The Bertz CT molecular complexity index is 744. The molecule has 1 aliphatic carbocycles. The molecule has 1 aliphatic rings. The quantitative estimate of drug-likeness (QED) is 0.882. The molecular formula is C19H19ClFNO. The smallest absolute Gasteiger partial charge is 0.230 e. The summed E-state index contributed by atoms with van der Waals surface area (Å²) in [5.41, 5.74) is 1.15. The first-order chi connectivity index (χ1) is 10.9. The topological polar surface area (TPSA) is 29.1 Å². The van der Waals surface area contributed by atoms with Gasteiger partial charge in [0.05, 0.1) is 5.41 Å². The summed E-state index contributed by atoms with van der Waals surface area (Å²) in [6.07, 6.45) is 0.848. The van der Waals surface area contributed by atoms with Crippen LogP contribution in [0.15, 0.2) is 48.5 Å². The van der Waals surface area contributed by atoms with Crippen LogP contribution in [0.2, 0.25) is 5.02 Å². The highest BCUT2D eigenvalue weighted by molar-refractivity contribution is 6.30. The van der Waals surface area contributed by atoms with Crippen LogP contribution >= 0.6 is 11.6 Å². The molecule has 0 radical (unpaired) electrons. The van der Waals surface area contributed by atoms with Gasteiger partial charge in [0.1, 0.15) is 5.82 Å². The Morgan fingerprint density at radius 3 is 2.65 bits per heavy atom. The predicted octanol–water partition coefficient (Wildman–Crippen LogP) is 4.43. The zero-order chi connectivity index (χ0) is 16.6. The monoisotopic (exact) mass is 331 g/mol. The number of benzene rings is 2. The van der Waals surface area contributed by atoms with E-state index in [2.05, 4.69) is 5.32 Å². The number of halogens is 2. The van der Waals surface area contributed by atoms with Gasteiger partial charge in [0.2, 0.25) is 5.91 Å². The second-order valence-corrected chi connectivity index (χ2v) is 7.05. The number of carbonyl (C=O) groups is 1. The Kier molecular flexibility index (Phi) is 4.15. The number of nitrogens with one attached hydrogen (secondary N) is 1. The van der Waals surface area contributed by atoms with Crippen molar-refractivity contribution in [3.8, 4) is 0 Å². The predicted molar refractivity (Wildman–Crippen MR) is 90.2 cm³/mol. The van der Waals surface area contributed by atoms with Crippen molar-refractivity contribution in [2.45, 2.75) is 37.6 Å². The van der Waals surface area contributed by atoms with Crippen molar-refractivity contribution in [3.63, 3.8) is 0 Å². The van der Waals surface area contributed by atoms with E-state index in [0.29, 0.717) is 5.02 Å². The van der Waals surface area contributed by atoms with Gasteiger partial charge >= 0.3 is 0 Å².